The molecule has 7 nitrogen and oxygen atoms in total. The van der Waals surface area contributed by atoms with Crippen molar-refractivity contribution in [1.29, 1.82) is 0 Å². The molecule has 0 saturated heterocycles. The molecule has 9 heteroatoms. The maximum atomic E-state index is 13.9. The first-order valence-corrected chi connectivity index (χ1v) is 8.56. The number of para-hydroxylation sites is 1. The van der Waals surface area contributed by atoms with E-state index in [4.69, 9.17) is 17.3 Å². The van der Waals surface area contributed by atoms with Crippen LogP contribution in [0.4, 0.5) is 16.3 Å². The maximum absolute atomic E-state index is 13.9. The van der Waals surface area contributed by atoms with E-state index >= 15 is 0 Å². The Morgan fingerprint density at radius 3 is 2.59 bits per heavy atom. The number of fused-ring (bicyclic) bond motifs is 1. The number of nitrogens with two attached hydrogens (primary N) is 1. The Bertz CT molecular complexity index is 1090. The number of benzene rings is 2. The summed E-state index contributed by atoms with van der Waals surface area (Å²) in [5.41, 5.74) is 7.83. The normalized spacial score (nSPS) is 12.3. The average molecular weight is 384 g/mol. The number of hydrogen-bond donors (Lipinski definition) is 2. The highest BCUT2D eigenvalue weighted by Crippen LogP contribution is 2.27. The molecule has 0 bridgehead atoms. The summed E-state index contributed by atoms with van der Waals surface area (Å²) in [6.07, 6.45) is 0. The molecule has 136 valence electrons. The van der Waals surface area contributed by atoms with Crippen molar-refractivity contribution in [2.75, 3.05) is 11.1 Å². The zero-order valence-electron chi connectivity index (χ0n) is 14.3. The molecule has 2 heterocycles. The van der Waals surface area contributed by atoms with Crippen molar-refractivity contribution in [3.05, 3.63) is 65.5 Å². The number of anilines is 2. The molecule has 0 amide bonds. The number of imidazole rings is 1. The summed E-state index contributed by atoms with van der Waals surface area (Å²) in [6.45, 7) is 1.89. The number of rotatable bonds is 4. The van der Waals surface area contributed by atoms with E-state index in [1.807, 2.05) is 41.8 Å². The fraction of sp³-hybridized carbons (Fsp3) is 0.111. The minimum Gasteiger partial charge on any atom is -0.368 e. The Morgan fingerprint density at radius 1 is 1.07 bits per heavy atom. The van der Waals surface area contributed by atoms with Gasteiger partial charge >= 0.3 is 0 Å². The molecule has 0 saturated carbocycles. The third-order valence-corrected chi connectivity index (χ3v) is 4.18. The van der Waals surface area contributed by atoms with Crippen molar-refractivity contribution in [2.24, 2.45) is 0 Å². The van der Waals surface area contributed by atoms with E-state index in [9.17, 15) is 4.39 Å². The third-order valence-electron chi connectivity index (χ3n) is 4.02. The highest BCUT2D eigenvalue weighted by Gasteiger charge is 2.19. The summed E-state index contributed by atoms with van der Waals surface area (Å²) in [5, 5.41) is 3.12. The number of aromatic nitrogens is 5. The van der Waals surface area contributed by atoms with Gasteiger partial charge in [0, 0.05) is 11.8 Å². The zero-order valence-corrected chi connectivity index (χ0v) is 15.0. The molecule has 1 atom stereocenters. The first kappa shape index (κ1) is 17.2. The largest absolute Gasteiger partial charge is 0.368 e. The van der Waals surface area contributed by atoms with Gasteiger partial charge in [-0.15, -0.1) is 0 Å². The van der Waals surface area contributed by atoms with Crippen LogP contribution in [-0.2, 0) is 0 Å². The van der Waals surface area contributed by atoms with Gasteiger partial charge in [-0.25, -0.2) is 9.37 Å². The highest BCUT2D eigenvalue weighted by atomic mass is 35.5. The number of nitrogen functional groups attached to an aromatic ring is 1. The Balaban J connectivity index is 1.83. The first-order chi connectivity index (χ1) is 13.0. The second-order valence-electron chi connectivity index (χ2n) is 5.93. The lowest BCUT2D eigenvalue weighted by Crippen LogP contribution is -2.15. The van der Waals surface area contributed by atoms with Crippen molar-refractivity contribution in [3.63, 3.8) is 0 Å². The van der Waals surface area contributed by atoms with Crippen LogP contribution in [0.15, 0.2) is 48.5 Å². The molecule has 0 fully saturated rings. The van der Waals surface area contributed by atoms with Gasteiger partial charge in [0.05, 0.1) is 17.1 Å². The van der Waals surface area contributed by atoms with E-state index in [0.29, 0.717) is 16.9 Å². The lowest BCUT2D eigenvalue weighted by atomic mass is 10.2. The van der Waals surface area contributed by atoms with Gasteiger partial charge in [-0.2, -0.15) is 15.0 Å². The third kappa shape index (κ3) is 3.39. The summed E-state index contributed by atoms with van der Waals surface area (Å²) in [7, 11) is 0. The smallest absolute Gasteiger partial charge is 0.229 e. The summed E-state index contributed by atoms with van der Waals surface area (Å²) in [6, 6.07) is 13.8. The molecule has 3 N–H and O–H groups in total. The Morgan fingerprint density at radius 2 is 1.85 bits per heavy atom. The molecule has 0 aliphatic carbocycles. The monoisotopic (exact) mass is 383 g/mol. The van der Waals surface area contributed by atoms with Gasteiger partial charge in [0.15, 0.2) is 0 Å². The Labute approximate surface area is 159 Å². The lowest BCUT2D eigenvalue weighted by molar-refractivity contribution is 0.629. The SMILES string of the molecule is CC(Nc1nc(N)nc(Cl)n1)c1nc2ccc(F)cc2n1-c1ccccc1. The van der Waals surface area contributed by atoms with E-state index in [0.717, 1.165) is 5.69 Å². The van der Waals surface area contributed by atoms with E-state index in [2.05, 4.69) is 25.3 Å². The average Bonchev–Trinajstić information content (AvgIpc) is 3.00. The molecule has 1 unspecified atom stereocenters. The molecule has 0 aliphatic heterocycles. The van der Waals surface area contributed by atoms with E-state index < -0.39 is 0 Å². The molecule has 0 spiro atoms. The summed E-state index contributed by atoms with van der Waals surface area (Å²) < 4.78 is 15.8. The molecular formula is C18H15ClFN7. The number of halogens is 2. The molecule has 2 aromatic carbocycles. The van der Waals surface area contributed by atoms with Crippen LogP contribution in [0.3, 0.4) is 0 Å². The predicted molar refractivity (Wildman–Crippen MR) is 102 cm³/mol. The van der Waals surface area contributed by atoms with Crippen LogP contribution in [0.25, 0.3) is 16.7 Å². The molecule has 0 aliphatic rings. The van der Waals surface area contributed by atoms with E-state index in [1.54, 1.807) is 6.07 Å². The van der Waals surface area contributed by atoms with Gasteiger partial charge in [0.2, 0.25) is 17.2 Å². The van der Waals surface area contributed by atoms with Gasteiger partial charge in [-0.3, -0.25) is 4.57 Å². The van der Waals surface area contributed by atoms with Crippen LogP contribution in [0.2, 0.25) is 5.28 Å². The molecular weight excluding hydrogens is 369 g/mol. The van der Waals surface area contributed by atoms with Gasteiger partial charge in [0.1, 0.15) is 11.6 Å². The zero-order chi connectivity index (χ0) is 19.0. The quantitative estimate of drug-likeness (QED) is 0.557. The second-order valence-corrected chi connectivity index (χ2v) is 6.26. The molecule has 27 heavy (non-hydrogen) atoms. The maximum Gasteiger partial charge on any atom is 0.229 e. The predicted octanol–water partition coefficient (Wildman–Crippen LogP) is 3.76. The molecule has 2 aromatic heterocycles. The minimum atomic E-state index is -0.330. The Kier molecular flexibility index (Phi) is 4.33. The van der Waals surface area contributed by atoms with Crippen LogP contribution < -0.4 is 11.1 Å². The number of nitrogens with zero attached hydrogens (tertiary/aromatic N) is 5. The van der Waals surface area contributed by atoms with Crippen molar-refractivity contribution >= 4 is 34.5 Å². The Hall–Kier alpha value is -3.26. The fourth-order valence-electron chi connectivity index (χ4n) is 2.89. The van der Waals surface area contributed by atoms with Crippen molar-refractivity contribution in [3.8, 4) is 5.69 Å². The van der Waals surface area contributed by atoms with Crippen molar-refractivity contribution in [1.82, 2.24) is 24.5 Å². The minimum absolute atomic E-state index is 0.00386. The molecule has 0 radical (unpaired) electrons. The van der Waals surface area contributed by atoms with Crippen LogP contribution in [0.5, 0.6) is 0 Å². The van der Waals surface area contributed by atoms with Gasteiger partial charge in [-0.1, -0.05) is 18.2 Å². The first-order valence-electron chi connectivity index (χ1n) is 8.18. The van der Waals surface area contributed by atoms with Gasteiger partial charge in [0.25, 0.3) is 0 Å². The molecule has 4 rings (SSSR count). The van der Waals surface area contributed by atoms with E-state index in [-0.39, 0.29) is 29.0 Å². The molecule has 4 aromatic rings. The summed E-state index contributed by atoms with van der Waals surface area (Å²) in [4.78, 5) is 16.5. The van der Waals surface area contributed by atoms with Crippen LogP contribution in [0.1, 0.15) is 18.8 Å². The van der Waals surface area contributed by atoms with Crippen LogP contribution >= 0.6 is 11.6 Å². The number of hydrogen-bond acceptors (Lipinski definition) is 6. The van der Waals surface area contributed by atoms with Crippen LogP contribution in [0, 0.1) is 5.82 Å². The van der Waals surface area contributed by atoms with Gasteiger partial charge in [-0.05, 0) is 42.8 Å². The summed E-state index contributed by atoms with van der Waals surface area (Å²) >= 11 is 5.84. The fourth-order valence-corrected chi connectivity index (χ4v) is 3.06. The van der Waals surface area contributed by atoms with Crippen LogP contribution in [-0.4, -0.2) is 24.5 Å². The van der Waals surface area contributed by atoms with Crippen molar-refractivity contribution < 1.29 is 4.39 Å². The standard InChI is InChI=1S/C18H15ClFN7/c1-10(22-18-25-16(19)24-17(21)26-18)15-23-13-8-7-11(20)9-14(13)27(15)12-5-3-2-4-6-12/h2-10H,1H3,(H3,21,22,24,25,26). The topological polar surface area (TPSA) is 94.5 Å². The van der Waals surface area contributed by atoms with Gasteiger partial charge < -0.3 is 11.1 Å². The second kappa shape index (κ2) is 6.81. The lowest BCUT2D eigenvalue weighted by Gasteiger charge is -2.16. The van der Waals surface area contributed by atoms with Crippen molar-refractivity contribution in [2.45, 2.75) is 13.0 Å². The van der Waals surface area contributed by atoms with E-state index in [1.165, 1.54) is 12.1 Å². The summed E-state index contributed by atoms with van der Waals surface area (Å²) in [5.74, 6) is 0.585. The highest BCUT2D eigenvalue weighted by molar-refractivity contribution is 6.28. The number of nitrogens with one attached hydrogen (secondary N) is 1.